The summed E-state index contributed by atoms with van der Waals surface area (Å²) in [6, 6.07) is 18.5. The molecule has 0 N–H and O–H groups in total. The molecule has 2 aromatic carbocycles. The molecular formula is C31H40FNO2. The summed E-state index contributed by atoms with van der Waals surface area (Å²) in [5.74, 6) is -0.589. The van der Waals surface area contributed by atoms with Gasteiger partial charge in [-0.25, -0.2) is 14.2 Å². The van der Waals surface area contributed by atoms with Crippen LogP contribution in [0.2, 0.25) is 0 Å². The molecule has 0 amide bonds. The molecule has 3 rings (SSSR count). The van der Waals surface area contributed by atoms with E-state index in [1.54, 1.807) is 6.08 Å². The molecular weight excluding hydrogens is 437 g/mol. The van der Waals surface area contributed by atoms with Crippen LogP contribution in [0.15, 0.2) is 77.6 Å². The van der Waals surface area contributed by atoms with Gasteiger partial charge < -0.3 is 4.74 Å². The molecule has 0 fully saturated rings. The molecule has 2 aromatic rings. The number of carbonyl (C=O) groups is 1. The van der Waals surface area contributed by atoms with Crippen molar-refractivity contribution in [3.05, 3.63) is 83.7 Å². The van der Waals surface area contributed by atoms with Crippen molar-refractivity contribution in [3.8, 4) is 0 Å². The molecule has 3 nitrogen and oxygen atoms in total. The monoisotopic (exact) mass is 477 g/mol. The maximum Gasteiger partial charge on any atom is 0.346 e. The van der Waals surface area contributed by atoms with Crippen LogP contribution >= 0.6 is 0 Å². The second-order valence-corrected chi connectivity index (χ2v) is 9.55. The predicted octanol–water partition coefficient (Wildman–Crippen LogP) is 8.83. The Morgan fingerprint density at radius 2 is 1.37 bits per heavy atom. The number of cyclic esters (lactones) is 1. The molecule has 35 heavy (non-hydrogen) atoms. The van der Waals surface area contributed by atoms with Crippen molar-refractivity contribution in [2.24, 2.45) is 4.99 Å². The number of hydrogen-bond donors (Lipinski definition) is 0. The van der Waals surface area contributed by atoms with Crippen LogP contribution < -0.4 is 0 Å². The highest BCUT2D eigenvalue weighted by molar-refractivity contribution is 6.08. The quantitative estimate of drug-likeness (QED) is 0.179. The number of allylic oxidation sites excluding steroid dienone is 1. The normalized spacial score (nSPS) is 17.9. The van der Waals surface area contributed by atoms with Gasteiger partial charge in [-0.3, -0.25) is 0 Å². The molecule has 1 atom stereocenters. The fourth-order valence-corrected chi connectivity index (χ4v) is 4.61. The standard InChI is InChI=1S/C31H40FNO2/c1-2-3-4-5-6-7-8-9-10-11-12-19-24-28(32)25-31(27-22-17-14-18-23-27)30(34)35-29(33-31)26-20-15-13-16-21-26/h13-18,20-24H,2-12,19,25H2,1H3/b28-24-. The number of ether oxygens (including phenoxy) is 1. The van der Waals surface area contributed by atoms with Crippen LogP contribution in [0.3, 0.4) is 0 Å². The lowest BCUT2D eigenvalue weighted by Crippen LogP contribution is -2.31. The first-order chi connectivity index (χ1) is 17.2. The van der Waals surface area contributed by atoms with Gasteiger partial charge in [0.05, 0.1) is 5.83 Å². The van der Waals surface area contributed by atoms with Gasteiger partial charge >= 0.3 is 5.97 Å². The lowest BCUT2D eigenvalue weighted by Gasteiger charge is -2.21. The van der Waals surface area contributed by atoms with Crippen molar-refractivity contribution < 1.29 is 13.9 Å². The highest BCUT2D eigenvalue weighted by atomic mass is 19.1. The summed E-state index contributed by atoms with van der Waals surface area (Å²) in [4.78, 5) is 17.7. The van der Waals surface area contributed by atoms with Gasteiger partial charge in [0.1, 0.15) is 0 Å². The number of aliphatic imine (C=N–C) groups is 1. The van der Waals surface area contributed by atoms with Crippen LogP contribution in [-0.2, 0) is 15.1 Å². The van der Waals surface area contributed by atoms with E-state index in [4.69, 9.17) is 4.74 Å². The van der Waals surface area contributed by atoms with Crippen molar-refractivity contribution in [2.45, 2.75) is 95.9 Å². The summed E-state index contributed by atoms with van der Waals surface area (Å²) in [5.41, 5.74) is -0.0254. The summed E-state index contributed by atoms with van der Waals surface area (Å²) >= 11 is 0. The molecule has 0 aliphatic carbocycles. The number of rotatable bonds is 16. The van der Waals surface area contributed by atoms with Gasteiger partial charge in [-0.2, -0.15) is 0 Å². The average Bonchev–Trinajstić information content (AvgIpc) is 3.22. The molecule has 0 aromatic heterocycles. The average molecular weight is 478 g/mol. The Balaban J connectivity index is 1.51. The number of carbonyl (C=O) groups excluding carboxylic acids is 1. The van der Waals surface area contributed by atoms with E-state index in [-0.39, 0.29) is 18.1 Å². The van der Waals surface area contributed by atoms with E-state index in [2.05, 4.69) is 11.9 Å². The van der Waals surface area contributed by atoms with Crippen molar-refractivity contribution in [1.29, 1.82) is 0 Å². The fourth-order valence-electron chi connectivity index (χ4n) is 4.61. The van der Waals surface area contributed by atoms with Gasteiger partial charge in [-0.05, 0) is 30.5 Å². The van der Waals surface area contributed by atoms with E-state index in [0.29, 0.717) is 17.5 Å². The molecule has 1 heterocycles. The van der Waals surface area contributed by atoms with Gasteiger partial charge in [-0.15, -0.1) is 0 Å². The van der Waals surface area contributed by atoms with Crippen LogP contribution in [-0.4, -0.2) is 11.9 Å². The molecule has 0 spiro atoms. The van der Waals surface area contributed by atoms with E-state index < -0.39 is 11.5 Å². The highest BCUT2D eigenvalue weighted by Crippen LogP contribution is 2.39. The first-order valence-electron chi connectivity index (χ1n) is 13.4. The molecule has 0 bridgehead atoms. The number of hydrogen-bond acceptors (Lipinski definition) is 3. The van der Waals surface area contributed by atoms with E-state index >= 15 is 4.39 Å². The van der Waals surface area contributed by atoms with Crippen LogP contribution in [0, 0.1) is 0 Å². The van der Waals surface area contributed by atoms with Crippen LogP contribution in [0.25, 0.3) is 0 Å². The van der Waals surface area contributed by atoms with E-state index in [0.717, 1.165) is 12.8 Å². The minimum atomic E-state index is -1.38. The van der Waals surface area contributed by atoms with Crippen LogP contribution in [0.1, 0.15) is 102 Å². The molecule has 1 unspecified atom stereocenters. The Bertz CT molecular complexity index is 954. The van der Waals surface area contributed by atoms with Crippen molar-refractivity contribution >= 4 is 11.9 Å². The van der Waals surface area contributed by atoms with Gasteiger partial charge in [0, 0.05) is 12.0 Å². The minimum Gasteiger partial charge on any atom is -0.405 e. The largest absolute Gasteiger partial charge is 0.405 e. The number of esters is 1. The van der Waals surface area contributed by atoms with E-state index in [1.165, 1.54) is 57.8 Å². The maximum absolute atomic E-state index is 15.1. The first-order valence-corrected chi connectivity index (χ1v) is 13.4. The molecule has 0 radical (unpaired) electrons. The summed E-state index contributed by atoms with van der Waals surface area (Å²) in [6.07, 6.45) is 16.1. The summed E-state index contributed by atoms with van der Waals surface area (Å²) < 4.78 is 20.6. The Labute approximate surface area is 210 Å². The Hall–Kier alpha value is -2.75. The van der Waals surface area contributed by atoms with Crippen molar-refractivity contribution in [1.82, 2.24) is 0 Å². The lowest BCUT2D eigenvalue weighted by molar-refractivity contribution is -0.139. The summed E-state index contributed by atoms with van der Waals surface area (Å²) in [6.45, 7) is 2.25. The summed E-state index contributed by atoms with van der Waals surface area (Å²) in [5, 5.41) is 0. The third-order valence-corrected chi connectivity index (χ3v) is 6.69. The molecule has 4 heteroatoms. The van der Waals surface area contributed by atoms with Crippen LogP contribution in [0.4, 0.5) is 4.39 Å². The Morgan fingerprint density at radius 1 is 0.829 bits per heavy atom. The van der Waals surface area contributed by atoms with Gasteiger partial charge in [0.15, 0.2) is 5.54 Å². The van der Waals surface area contributed by atoms with Crippen molar-refractivity contribution in [3.63, 3.8) is 0 Å². The smallest absolute Gasteiger partial charge is 0.346 e. The first kappa shape index (κ1) is 26.8. The van der Waals surface area contributed by atoms with E-state index in [1.807, 2.05) is 60.7 Å². The lowest BCUT2D eigenvalue weighted by atomic mass is 9.87. The SMILES string of the molecule is CCCCCCCCCCCCC/C=C(\F)CC1(c2ccccc2)N=C(c2ccccc2)OC1=O. The fraction of sp³-hybridized carbons (Fsp3) is 0.484. The Morgan fingerprint density at radius 3 is 1.97 bits per heavy atom. The van der Waals surface area contributed by atoms with E-state index in [9.17, 15) is 4.79 Å². The zero-order valence-electron chi connectivity index (χ0n) is 21.2. The predicted molar refractivity (Wildman–Crippen MR) is 142 cm³/mol. The zero-order valence-corrected chi connectivity index (χ0v) is 21.2. The second-order valence-electron chi connectivity index (χ2n) is 9.55. The summed E-state index contributed by atoms with van der Waals surface area (Å²) in [7, 11) is 0. The number of halogens is 1. The molecule has 188 valence electrons. The van der Waals surface area contributed by atoms with Gasteiger partial charge in [-0.1, -0.05) is 126 Å². The van der Waals surface area contributed by atoms with Gasteiger partial charge in [0.2, 0.25) is 5.90 Å². The third-order valence-electron chi connectivity index (χ3n) is 6.69. The van der Waals surface area contributed by atoms with Crippen molar-refractivity contribution in [2.75, 3.05) is 0 Å². The molecule has 1 aliphatic rings. The zero-order chi connectivity index (χ0) is 24.8. The number of benzene rings is 2. The second kappa shape index (κ2) is 14.6. The van der Waals surface area contributed by atoms with Crippen LogP contribution in [0.5, 0.6) is 0 Å². The molecule has 0 saturated heterocycles. The number of unbranched alkanes of at least 4 members (excludes halogenated alkanes) is 11. The van der Waals surface area contributed by atoms with Gasteiger partial charge in [0.25, 0.3) is 0 Å². The molecule has 0 saturated carbocycles. The topological polar surface area (TPSA) is 38.7 Å². The third kappa shape index (κ3) is 8.16. The minimum absolute atomic E-state index is 0.121. The highest BCUT2D eigenvalue weighted by Gasteiger charge is 2.48. The number of nitrogens with zero attached hydrogens (tertiary/aromatic N) is 1. The maximum atomic E-state index is 15.1. The Kier molecular flexibility index (Phi) is 11.2. The molecule has 1 aliphatic heterocycles.